The van der Waals surface area contributed by atoms with Gasteiger partial charge in [0.2, 0.25) is 0 Å². The van der Waals surface area contributed by atoms with Crippen molar-refractivity contribution in [2.24, 2.45) is 34.5 Å². The van der Waals surface area contributed by atoms with Crippen molar-refractivity contribution in [3.8, 4) is 0 Å². The number of hydrogen-bond donors (Lipinski definition) is 2. The molecular weight excluding hydrogens is 212 g/mol. The van der Waals surface area contributed by atoms with E-state index in [0.29, 0.717) is 17.8 Å². The van der Waals surface area contributed by atoms with E-state index in [1.165, 1.54) is 12.8 Å². The predicted octanol–water partition coefficient (Wildman–Crippen LogP) is 2.44. The highest BCUT2D eigenvalue weighted by Crippen LogP contribution is 2.76. The van der Waals surface area contributed by atoms with Gasteiger partial charge in [0.15, 0.2) is 0 Å². The van der Waals surface area contributed by atoms with Crippen molar-refractivity contribution in [1.29, 1.82) is 0 Å². The van der Waals surface area contributed by atoms with Crippen LogP contribution in [0.1, 0.15) is 47.5 Å². The van der Waals surface area contributed by atoms with Gasteiger partial charge in [-0.3, -0.25) is 0 Å². The topological polar surface area (TPSA) is 40.5 Å². The van der Waals surface area contributed by atoms with Crippen molar-refractivity contribution in [3.63, 3.8) is 0 Å². The molecule has 0 aromatic heterocycles. The van der Waals surface area contributed by atoms with Crippen molar-refractivity contribution < 1.29 is 10.2 Å². The summed E-state index contributed by atoms with van der Waals surface area (Å²) in [5, 5.41) is 20.9. The summed E-state index contributed by atoms with van der Waals surface area (Å²) in [6.45, 7) is 11.1. The molecular formula is C15H26O2. The van der Waals surface area contributed by atoms with Gasteiger partial charge in [-0.15, -0.1) is 0 Å². The van der Waals surface area contributed by atoms with Gasteiger partial charge in [-0.2, -0.15) is 0 Å². The molecule has 3 saturated carbocycles. The van der Waals surface area contributed by atoms with E-state index in [1.807, 2.05) is 6.92 Å². The first-order valence-electron chi connectivity index (χ1n) is 7.06. The molecule has 2 nitrogen and oxygen atoms in total. The summed E-state index contributed by atoms with van der Waals surface area (Å²) < 4.78 is 0. The fourth-order valence-electron chi connectivity index (χ4n) is 6.22. The average Bonchev–Trinajstić information content (AvgIpc) is 2.59. The third kappa shape index (κ3) is 1.02. The number of fused-ring (bicyclic) bond motifs is 3. The number of rotatable bonds is 0. The molecule has 2 heteroatoms. The number of aliphatic hydroxyl groups is 2. The van der Waals surface area contributed by atoms with Gasteiger partial charge in [0.05, 0.1) is 11.7 Å². The first kappa shape index (κ1) is 12.0. The fourth-order valence-corrected chi connectivity index (χ4v) is 6.22. The molecule has 3 rings (SSSR count). The predicted molar refractivity (Wildman–Crippen MR) is 67.4 cm³/mol. The van der Waals surface area contributed by atoms with E-state index in [9.17, 15) is 10.2 Å². The van der Waals surface area contributed by atoms with Crippen LogP contribution in [0.5, 0.6) is 0 Å². The number of aliphatic hydroxyl groups excluding tert-OH is 1. The lowest BCUT2D eigenvalue weighted by molar-refractivity contribution is -0.254. The Kier molecular flexibility index (Phi) is 2.05. The quantitative estimate of drug-likeness (QED) is 0.680. The molecule has 0 aromatic carbocycles. The minimum atomic E-state index is -0.874. The summed E-state index contributed by atoms with van der Waals surface area (Å²) in [5.41, 5.74) is -0.482. The Balaban J connectivity index is 2.10. The Hall–Kier alpha value is -0.0800. The lowest BCUT2D eigenvalue weighted by Crippen LogP contribution is -2.68. The summed E-state index contributed by atoms with van der Waals surface area (Å²) in [4.78, 5) is 0. The molecule has 17 heavy (non-hydrogen) atoms. The molecule has 3 fully saturated rings. The zero-order valence-corrected chi connectivity index (χ0v) is 11.7. The van der Waals surface area contributed by atoms with Crippen LogP contribution in [0.3, 0.4) is 0 Å². The van der Waals surface area contributed by atoms with Crippen molar-refractivity contribution in [1.82, 2.24) is 0 Å². The third-order valence-corrected chi connectivity index (χ3v) is 7.05. The van der Waals surface area contributed by atoms with Crippen LogP contribution in [-0.2, 0) is 0 Å². The highest BCUT2D eigenvalue weighted by atomic mass is 16.3. The summed E-state index contributed by atoms with van der Waals surface area (Å²) in [7, 11) is 0. The highest BCUT2D eigenvalue weighted by Gasteiger charge is 2.77. The van der Waals surface area contributed by atoms with Crippen LogP contribution < -0.4 is 0 Å². The average molecular weight is 238 g/mol. The van der Waals surface area contributed by atoms with Gasteiger partial charge in [-0.05, 0) is 48.3 Å². The molecule has 0 aromatic rings. The summed E-state index contributed by atoms with van der Waals surface area (Å²) in [6.07, 6.45) is 2.02. The van der Waals surface area contributed by atoms with Crippen molar-refractivity contribution in [3.05, 3.63) is 0 Å². The normalized spacial score (nSPS) is 64.1. The van der Waals surface area contributed by atoms with E-state index in [1.54, 1.807) is 0 Å². The molecule has 2 N–H and O–H groups in total. The molecule has 0 spiro atoms. The van der Waals surface area contributed by atoms with Crippen LogP contribution in [0.25, 0.3) is 0 Å². The molecule has 1 unspecified atom stereocenters. The van der Waals surface area contributed by atoms with Crippen LogP contribution in [-0.4, -0.2) is 21.9 Å². The van der Waals surface area contributed by atoms with E-state index in [2.05, 4.69) is 27.7 Å². The molecule has 0 aliphatic heterocycles. The fraction of sp³-hybridized carbons (Fsp3) is 1.00. The molecule has 0 bridgehead atoms. The standard InChI is InChI=1S/C15H26O2/c1-8-6-7-9-13(2,3)11-10(14(8,9)4)12(16)15(11,5)17/h8-12,16-17H,6-7H2,1-5H3/t8-,9+,10?,11-,12+,14-,15-/m1/s1. The largest absolute Gasteiger partial charge is 0.390 e. The Morgan fingerprint density at radius 1 is 1.06 bits per heavy atom. The van der Waals surface area contributed by atoms with Crippen LogP contribution in [0.15, 0.2) is 0 Å². The Morgan fingerprint density at radius 2 is 1.65 bits per heavy atom. The zero-order valence-electron chi connectivity index (χ0n) is 11.7. The lowest BCUT2D eigenvalue weighted by Gasteiger charge is -2.59. The third-order valence-electron chi connectivity index (χ3n) is 7.05. The Labute approximate surface area is 104 Å². The van der Waals surface area contributed by atoms with Gasteiger partial charge in [-0.25, -0.2) is 0 Å². The van der Waals surface area contributed by atoms with Crippen molar-refractivity contribution >= 4 is 0 Å². The molecule has 0 amide bonds. The molecule has 7 atom stereocenters. The lowest BCUT2D eigenvalue weighted by atomic mass is 9.51. The summed E-state index contributed by atoms with van der Waals surface area (Å²) in [6, 6.07) is 0. The maximum Gasteiger partial charge on any atom is 0.0917 e. The second-order valence-corrected chi connectivity index (χ2v) is 7.89. The van der Waals surface area contributed by atoms with Crippen molar-refractivity contribution in [2.45, 2.75) is 59.2 Å². The van der Waals surface area contributed by atoms with Gasteiger partial charge >= 0.3 is 0 Å². The maximum atomic E-state index is 10.5. The van der Waals surface area contributed by atoms with E-state index in [4.69, 9.17) is 0 Å². The molecule has 0 saturated heterocycles. The summed E-state index contributed by atoms with van der Waals surface area (Å²) >= 11 is 0. The first-order chi connectivity index (χ1) is 7.66. The van der Waals surface area contributed by atoms with Gasteiger partial charge in [0, 0.05) is 5.92 Å². The minimum Gasteiger partial charge on any atom is -0.390 e. The van der Waals surface area contributed by atoms with Crippen LogP contribution >= 0.6 is 0 Å². The van der Waals surface area contributed by atoms with Crippen LogP contribution in [0, 0.1) is 34.5 Å². The van der Waals surface area contributed by atoms with E-state index < -0.39 is 11.7 Å². The molecule has 0 heterocycles. The van der Waals surface area contributed by atoms with Gasteiger partial charge in [0.25, 0.3) is 0 Å². The van der Waals surface area contributed by atoms with E-state index in [0.717, 1.165) is 0 Å². The smallest absolute Gasteiger partial charge is 0.0917 e. The molecule has 3 aliphatic rings. The second kappa shape index (κ2) is 2.91. The second-order valence-electron chi connectivity index (χ2n) is 7.89. The highest BCUT2D eigenvalue weighted by molar-refractivity contribution is 5.26. The molecule has 0 radical (unpaired) electrons. The van der Waals surface area contributed by atoms with E-state index >= 15 is 0 Å². The summed E-state index contributed by atoms with van der Waals surface area (Å²) in [5.74, 6) is 1.90. The monoisotopic (exact) mass is 238 g/mol. The zero-order chi connectivity index (χ0) is 12.8. The van der Waals surface area contributed by atoms with Crippen LogP contribution in [0.2, 0.25) is 0 Å². The first-order valence-corrected chi connectivity index (χ1v) is 7.06. The molecule has 98 valence electrons. The van der Waals surface area contributed by atoms with Gasteiger partial charge in [0.1, 0.15) is 0 Å². The van der Waals surface area contributed by atoms with E-state index in [-0.39, 0.29) is 16.7 Å². The van der Waals surface area contributed by atoms with Gasteiger partial charge in [-0.1, -0.05) is 27.7 Å². The minimum absolute atomic E-state index is 0.160. The van der Waals surface area contributed by atoms with Crippen LogP contribution in [0.4, 0.5) is 0 Å². The number of hydrogen-bond acceptors (Lipinski definition) is 2. The van der Waals surface area contributed by atoms with Gasteiger partial charge < -0.3 is 10.2 Å². The maximum absolute atomic E-state index is 10.5. The Bertz CT molecular complexity index is 360. The SMILES string of the molecule is C[C@@H]1CC[C@H]2C(C)(C)[C@H]3C([C@H](O)[C@]3(C)O)[C@]12C. The Morgan fingerprint density at radius 3 is 2.24 bits per heavy atom. The van der Waals surface area contributed by atoms with Crippen molar-refractivity contribution in [2.75, 3.05) is 0 Å². The molecule has 3 aliphatic carbocycles.